The van der Waals surface area contributed by atoms with Gasteiger partial charge in [-0.2, -0.15) is 5.26 Å². The molecule has 0 radical (unpaired) electrons. The summed E-state index contributed by atoms with van der Waals surface area (Å²) in [5.41, 5.74) is 4.48. The molecule has 1 heterocycles. The first kappa shape index (κ1) is 18.9. The van der Waals surface area contributed by atoms with Crippen LogP contribution in [0.5, 0.6) is 0 Å². The molecule has 142 valence electrons. The minimum atomic E-state index is -0.272. The van der Waals surface area contributed by atoms with Crippen LogP contribution in [0.15, 0.2) is 66.7 Å². The first-order valence-electron chi connectivity index (χ1n) is 9.28. The van der Waals surface area contributed by atoms with Crippen molar-refractivity contribution in [2.45, 2.75) is 19.4 Å². The lowest BCUT2D eigenvalue weighted by atomic mass is 10.0. The fourth-order valence-electron chi connectivity index (χ4n) is 3.48. The molecule has 0 saturated heterocycles. The van der Waals surface area contributed by atoms with Crippen LogP contribution in [0, 0.1) is 11.3 Å². The second kappa shape index (κ2) is 7.90. The first-order valence-corrected chi connectivity index (χ1v) is 9.66. The van der Waals surface area contributed by atoms with Crippen LogP contribution in [0.3, 0.4) is 0 Å². The number of amides is 2. The van der Waals surface area contributed by atoms with Gasteiger partial charge in [-0.05, 0) is 59.9 Å². The van der Waals surface area contributed by atoms with Gasteiger partial charge in [0.05, 0.1) is 29.3 Å². The van der Waals surface area contributed by atoms with Crippen molar-refractivity contribution in [3.63, 3.8) is 0 Å². The van der Waals surface area contributed by atoms with Gasteiger partial charge in [-0.15, -0.1) is 0 Å². The summed E-state index contributed by atoms with van der Waals surface area (Å²) in [6.45, 7) is 0.196. The van der Waals surface area contributed by atoms with Crippen molar-refractivity contribution in [1.82, 2.24) is 4.90 Å². The van der Waals surface area contributed by atoms with E-state index in [1.165, 1.54) is 4.90 Å². The van der Waals surface area contributed by atoms with Gasteiger partial charge in [0.1, 0.15) is 0 Å². The maximum Gasteiger partial charge on any atom is 0.261 e. The number of fused-ring (bicyclic) bond motifs is 1. The standard InChI is InChI=1S/C24H17ClN2O2/c25-22-13-18(15-27-23(28)20-3-1-2-4-21(20)24(27)29)10-12-19(22)11-9-16-5-7-17(14-26)8-6-16/h1-8,10,12-13H,9,11,15H2. The molecular weight excluding hydrogens is 384 g/mol. The molecule has 1 aliphatic heterocycles. The Bertz CT molecular complexity index is 1110. The molecule has 0 N–H and O–H groups in total. The summed E-state index contributed by atoms with van der Waals surface area (Å²) < 4.78 is 0. The van der Waals surface area contributed by atoms with Crippen molar-refractivity contribution in [2.75, 3.05) is 0 Å². The van der Waals surface area contributed by atoms with E-state index in [2.05, 4.69) is 6.07 Å². The summed E-state index contributed by atoms with van der Waals surface area (Å²) in [5, 5.41) is 9.49. The topological polar surface area (TPSA) is 61.2 Å². The number of aryl methyl sites for hydroxylation is 2. The number of rotatable bonds is 5. The van der Waals surface area contributed by atoms with E-state index in [4.69, 9.17) is 16.9 Å². The fraction of sp³-hybridized carbons (Fsp3) is 0.125. The molecule has 1 aliphatic rings. The van der Waals surface area contributed by atoms with Crippen molar-refractivity contribution in [2.24, 2.45) is 0 Å². The van der Waals surface area contributed by atoms with Crippen LogP contribution in [0.4, 0.5) is 0 Å². The van der Waals surface area contributed by atoms with Gasteiger partial charge in [0, 0.05) is 5.02 Å². The number of benzene rings is 3. The zero-order valence-corrected chi connectivity index (χ0v) is 16.3. The van der Waals surface area contributed by atoms with Crippen LogP contribution in [0.2, 0.25) is 5.02 Å². The molecule has 0 aromatic heterocycles. The van der Waals surface area contributed by atoms with Gasteiger partial charge in [0.25, 0.3) is 11.8 Å². The molecule has 4 rings (SSSR count). The number of carbonyl (C=O) groups excluding carboxylic acids is 2. The van der Waals surface area contributed by atoms with Crippen molar-refractivity contribution >= 4 is 23.4 Å². The van der Waals surface area contributed by atoms with Crippen LogP contribution in [-0.4, -0.2) is 16.7 Å². The molecule has 0 bridgehead atoms. The Labute approximate surface area is 174 Å². The fourth-order valence-corrected chi connectivity index (χ4v) is 3.78. The number of halogens is 1. The number of imide groups is 1. The van der Waals surface area contributed by atoms with Crippen LogP contribution < -0.4 is 0 Å². The molecule has 0 aliphatic carbocycles. The summed E-state index contributed by atoms with van der Waals surface area (Å²) in [7, 11) is 0. The zero-order chi connectivity index (χ0) is 20.4. The number of hydrogen-bond donors (Lipinski definition) is 0. The van der Waals surface area contributed by atoms with Crippen LogP contribution in [0.1, 0.15) is 43.0 Å². The van der Waals surface area contributed by atoms with Gasteiger partial charge in [-0.3, -0.25) is 14.5 Å². The number of nitriles is 1. The van der Waals surface area contributed by atoms with Crippen LogP contribution in [-0.2, 0) is 19.4 Å². The Balaban J connectivity index is 1.44. The smallest absolute Gasteiger partial charge is 0.261 e. The normalized spacial score (nSPS) is 12.8. The molecule has 3 aromatic rings. The molecule has 0 spiro atoms. The van der Waals surface area contributed by atoms with Crippen molar-refractivity contribution in [1.29, 1.82) is 5.26 Å². The molecule has 29 heavy (non-hydrogen) atoms. The van der Waals surface area contributed by atoms with E-state index in [1.54, 1.807) is 24.3 Å². The average molecular weight is 401 g/mol. The predicted octanol–water partition coefficient (Wildman–Crippen LogP) is 4.79. The minimum Gasteiger partial charge on any atom is -0.270 e. The number of carbonyl (C=O) groups is 2. The summed E-state index contributed by atoms with van der Waals surface area (Å²) in [6.07, 6.45) is 1.57. The van der Waals surface area contributed by atoms with E-state index < -0.39 is 0 Å². The molecule has 0 unspecified atom stereocenters. The summed E-state index contributed by atoms with van der Waals surface area (Å²) in [6, 6.07) is 22.2. The Morgan fingerprint density at radius 3 is 2.03 bits per heavy atom. The summed E-state index contributed by atoms with van der Waals surface area (Å²) >= 11 is 6.46. The summed E-state index contributed by atoms with van der Waals surface area (Å²) in [4.78, 5) is 26.3. The number of hydrogen-bond acceptors (Lipinski definition) is 3. The highest BCUT2D eigenvalue weighted by molar-refractivity contribution is 6.31. The highest BCUT2D eigenvalue weighted by atomic mass is 35.5. The Morgan fingerprint density at radius 2 is 1.45 bits per heavy atom. The van der Waals surface area contributed by atoms with Gasteiger partial charge < -0.3 is 0 Å². The average Bonchev–Trinajstić information content (AvgIpc) is 2.99. The van der Waals surface area contributed by atoms with Crippen molar-refractivity contribution in [3.05, 3.63) is 105 Å². The third-order valence-electron chi connectivity index (χ3n) is 5.10. The van der Waals surface area contributed by atoms with Gasteiger partial charge >= 0.3 is 0 Å². The van der Waals surface area contributed by atoms with Crippen LogP contribution >= 0.6 is 11.6 Å². The maximum absolute atomic E-state index is 12.5. The maximum atomic E-state index is 12.5. The third kappa shape index (κ3) is 3.78. The third-order valence-corrected chi connectivity index (χ3v) is 5.45. The molecule has 0 atom stereocenters. The lowest BCUT2D eigenvalue weighted by Gasteiger charge is -2.15. The summed E-state index contributed by atoms with van der Waals surface area (Å²) in [5.74, 6) is -0.543. The van der Waals surface area contributed by atoms with Crippen LogP contribution in [0.25, 0.3) is 0 Å². The van der Waals surface area contributed by atoms with Gasteiger partial charge in [0.2, 0.25) is 0 Å². The Hall–Kier alpha value is -3.42. The van der Waals surface area contributed by atoms with Crippen molar-refractivity contribution in [3.8, 4) is 6.07 Å². The molecule has 0 saturated carbocycles. The molecular formula is C24H17ClN2O2. The molecule has 4 nitrogen and oxygen atoms in total. The van der Waals surface area contributed by atoms with Gasteiger partial charge in [-0.25, -0.2) is 0 Å². The quantitative estimate of drug-likeness (QED) is 0.578. The van der Waals surface area contributed by atoms with Gasteiger partial charge in [-0.1, -0.05) is 48.0 Å². The lowest BCUT2D eigenvalue weighted by Crippen LogP contribution is -2.29. The van der Waals surface area contributed by atoms with E-state index in [9.17, 15) is 9.59 Å². The predicted molar refractivity (Wildman–Crippen MR) is 111 cm³/mol. The monoisotopic (exact) mass is 400 g/mol. The van der Waals surface area contributed by atoms with Crippen molar-refractivity contribution < 1.29 is 9.59 Å². The second-order valence-electron chi connectivity index (χ2n) is 6.98. The molecule has 3 aromatic carbocycles. The molecule has 5 heteroatoms. The minimum absolute atomic E-state index is 0.196. The largest absolute Gasteiger partial charge is 0.270 e. The molecule has 2 amide bonds. The van der Waals surface area contributed by atoms with Gasteiger partial charge in [0.15, 0.2) is 0 Å². The molecule has 0 fully saturated rings. The first-order chi connectivity index (χ1) is 14.1. The van der Waals surface area contributed by atoms with E-state index in [1.807, 2.05) is 42.5 Å². The van der Waals surface area contributed by atoms with E-state index in [0.29, 0.717) is 21.7 Å². The highest BCUT2D eigenvalue weighted by Crippen LogP contribution is 2.26. The Kier molecular flexibility index (Phi) is 5.16. The lowest BCUT2D eigenvalue weighted by molar-refractivity contribution is 0.0642. The van der Waals surface area contributed by atoms with E-state index in [-0.39, 0.29) is 18.4 Å². The Morgan fingerprint density at radius 1 is 0.828 bits per heavy atom. The number of nitrogens with zero attached hydrogens (tertiary/aromatic N) is 2. The van der Waals surface area contributed by atoms with E-state index in [0.717, 1.165) is 29.5 Å². The van der Waals surface area contributed by atoms with E-state index >= 15 is 0 Å². The second-order valence-corrected chi connectivity index (χ2v) is 7.38. The SMILES string of the molecule is N#Cc1ccc(CCc2ccc(CN3C(=O)c4ccccc4C3=O)cc2Cl)cc1. The zero-order valence-electron chi connectivity index (χ0n) is 15.6. The highest BCUT2D eigenvalue weighted by Gasteiger charge is 2.34.